The van der Waals surface area contributed by atoms with Gasteiger partial charge in [-0.15, -0.1) is 0 Å². The summed E-state index contributed by atoms with van der Waals surface area (Å²) in [6.45, 7) is 6.24. The molecule has 1 atom stereocenters. The van der Waals surface area contributed by atoms with Crippen LogP contribution in [0.15, 0.2) is 24.3 Å². The molecule has 4 rings (SSSR count). The summed E-state index contributed by atoms with van der Waals surface area (Å²) in [6, 6.07) is 7.97. The quantitative estimate of drug-likeness (QED) is 0.666. The fourth-order valence-electron chi connectivity index (χ4n) is 5.00. The standard InChI is InChI=1S/C23H35FN2OS/c24-23-6-2-1-4-20(23)17-25-11-7-19(8-12-25)16-26(18-22-5-3-13-27-22)21-9-14-28-15-10-21/h1-2,4,6,19,21-22H,3,5,7-18H2. The van der Waals surface area contributed by atoms with Crippen molar-refractivity contribution < 1.29 is 9.13 Å². The van der Waals surface area contributed by atoms with Gasteiger partial charge in [-0.3, -0.25) is 9.80 Å². The van der Waals surface area contributed by atoms with E-state index in [4.69, 9.17) is 4.74 Å². The van der Waals surface area contributed by atoms with E-state index in [9.17, 15) is 4.39 Å². The summed E-state index contributed by atoms with van der Waals surface area (Å²) in [7, 11) is 0. The van der Waals surface area contributed by atoms with Gasteiger partial charge in [-0.1, -0.05) is 18.2 Å². The first-order valence-corrected chi connectivity index (χ1v) is 12.3. The van der Waals surface area contributed by atoms with E-state index in [1.165, 1.54) is 56.6 Å². The third kappa shape index (κ3) is 5.71. The number of rotatable bonds is 7. The Balaban J connectivity index is 1.28. The monoisotopic (exact) mass is 406 g/mol. The molecule has 3 fully saturated rings. The van der Waals surface area contributed by atoms with Crippen LogP contribution in [0.2, 0.25) is 0 Å². The maximum atomic E-state index is 13.9. The van der Waals surface area contributed by atoms with Crippen LogP contribution in [0.4, 0.5) is 4.39 Å². The normalized spacial score (nSPS) is 25.6. The van der Waals surface area contributed by atoms with Crippen molar-refractivity contribution in [2.24, 2.45) is 5.92 Å². The second kappa shape index (κ2) is 10.4. The van der Waals surface area contributed by atoms with Crippen LogP contribution in [0.25, 0.3) is 0 Å². The summed E-state index contributed by atoms with van der Waals surface area (Å²) in [5.41, 5.74) is 0.834. The number of ether oxygens (including phenoxy) is 1. The smallest absolute Gasteiger partial charge is 0.127 e. The van der Waals surface area contributed by atoms with Gasteiger partial charge in [-0.05, 0) is 75.1 Å². The van der Waals surface area contributed by atoms with E-state index < -0.39 is 0 Å². The molecule has 0 N–H and O–H groups in total. The number of piperidine rings is 1. The van der Waals surface area contributed by atoms with Crippen LogP contribution in [-0.4, -0.2) is 66.2 Å². The van der Waals surface area contributed by atoms with Crippen LogP contribution in [0, 0.1) is 11.7 Å². The Morgan fingerprint density at radius 2 is 1.82 bits per heavy atom. The van der Waals surface area contributed by atoms with Crippen LogP contribution in [0.1, 0.15) is 44.1 Å². The Morgan fingerprint density at radius 3 is 2.54 bits per heavy atom. The van der Waals surface area contributed by atoms with Gasteiger partial charge in [0.05, 0.1) is 6.10 Å². The Kier molecular flexibility index (Phi) is 7.68. The number of benzene rings is 1. The zero-order valence-electron chi connectivity index (χ0n) is 17.0. The first-order chi connectivity index (χ1) is 13.8. The summed E-state index contributed by atoms with van der Waals surface area (Å²) in [4.78, 5) is 5.21. The summed E-state index contributed by atoms with van der Waals surface area (Å²) in [5, 5.41) is 0. The van der Waals surface area contributed by atoms with Crippen molar-refractivity contribution >= 4 is 11.8 Å². The first kappa shape index (κ1) is 20.6. The average molecular weight is 407 g/mol. The molecule has 3 aliphatic rings. The second-order valence-electron chi connectivity index (χ2n) is 8.74. The van der Waals surface area contributed by atoms with E-state index in [2.05, 4.69) is 21.6 Å². The van der Waals surface area contributed by atoms with Gasteiger partial charge in [0, 0.05) is 37.8 Å². The van der Waals surface area contributed by atoms with Gasteiger partial charge in [-0.2, -0.15) is 11.8 Å². The van der Waals surface area contributed by atoms with Crippen molar-refractivity contribution in [1.82, 2.24) is 9.80 Å². The van der Waals surface area contributed by atoms with E-state index in [1.807, 2.05) is 12.1 Å². The topological polar surface area (TPSA) is 15.7 Å². The first-order valence-electron chi connectivity index (χ1n) is 11.2. The highest BCUT2D eigenvalue weighted by atomic mass is 32.2. The Morgan fingerprint density at radius 1 is 1.04 bits per heavy atom. The van der Waals surface area contributed by atoms with E-state index in [1.54, 1.807) is 12.1 Å². The third-order valence-corrected chi connectivity index (χ3v) is 7.77. The molecule has 0 aliphatic carbocycles. The van der Waals surface area contributed by atoms with Gasteiger partial charge in [0.2, 0.25) is 0 Å². The van der Waals surface area contributed by atoms with Gasteiger partial charge < -0.3 is 4.74 Å². The zero-order valence-corrected chi connectivity index (χ0v) is 17.8. The minimum atomic E-state index is -0.0671. The molecule has 0 bridgehead atoms. The predicted molar refractivity (Wildman–Crippen MR) is 115 cm³/mol. The molecule has 1 aromatic rings. The minimum Gasteiger partial charge on any atom is -0.377 e. The fraction of sp³-hybridized carbons (Fsp3) is 0.739. The molecule has 28 heavy (non-hydrogen) atoms. The van der Waals surface area contributed by atoms with Crippen molar-refractivity contribution in [3.8, 4) is 0 Å². The van der Waals surface area contributed by atoms with Crippen molar-refractivity contribution in [3.05, 3.63) is 35.6 Å². The summed E-state index contributed by atoms with van der Waals surface area (Å²) in [6.07, 6.45) is 8.06. The molecule has 0 saturated carbocycles. The highest BCUT2D eigenvalue weighted by molar-refractivity contribution is 7.99. The largest absolute Gasteiger partial charge is 0.377 e. The lowest BCUT2D eigenvalue weighted by Crippen LogP contribution is -2.46. The molecule has 0 aromatic heterocycles. The summed E-state index contributed by atoms with van der Waals surface area (Å²) < 4.78 is 19.9. The minimum absolute atomic E-state index is 0.0671. The highest BCUT2D eigenvalue weighted by Gasteiger charge is 2.29. The number of likely N-dealkylation sites (tertiary alicyclic amines) is 1. The predicted octanol–water partition coefficient (Wildman–Crippen LogP) is 4.41. The molecule has 3 saturated heterocycles. The molecule has 3 aliphatic heterocycles. The number of halogens is 1. The van der Waals surface area contributed by atoms with Crippen LogP contribution in [0.3, 0.4) is 0 Å². The van der Waals surface area contributed by atoms with Crippen molar-refractivity contribution in [2.45, 2.75) is 57.2 Å². The molecule has 5 heteroatoms. The van der Waals surface area contributed by atoms with Crippen LogP contribution in [-0.2, 0) is 11.3 Å². The van der Waals surface area contributed by atoms with E-state index in [0.717, 1.165) is 50.3 Å². The van der Waals surface area contributed by atoms with Crippen molar-refractivity contribution in [1.29, 1.82) is 0 Å². The lowest BCUT2D eigenvalue weighted by atomic mass is 9.94. The molecule has 0 spiro atoms. The van der Waals surface area contributed by atoms with Gasteiger partial charge in [-0.25, -0.2) is 4.39 Å². The van der Waals surface area contributed by atoms with Gasteiger partial charge in [0.1, 0.15) is 5.82 Å². The second-order valence-corrected chi connectivity index (χ2v) is 9.97. The maximum absolute atomic E-state index is 13.9. The molecular formula is C23H35FN2OS. The molecule has 1 aromatic carbocycles. The van der Waals surface area contributed by atoms with E-state index >= 15 is 0 Å². The molecule has 0 amide bonds. The van der Waals surface area contributed by atoms with Gasteiger partial charge >= 0.3 is 0 Å². The number of nitrogens with zero attached hydrogens (tertiary/aromatic N) is 2. The van der Waals surface area contributed by atoms with Gasteiger partial charge in [0.25, 0.3) is 0 Å². The SMILES string of the molecule is Fc1ccccc1CN1CCC(CN(CC2CCCO2)C2CCSCC2)CC1. The van der Waals surface area contributed by atoms with Crippen LogP contribution >= 0.6 is 11.8 Å². The molecule has 1 unspecified atom stereocenters. The Labute approximate surface area is 174 Å². The van der Waals surface area contributed by atoms with E-state index in [-0.39, 0.29) is 5.82 Å². The molecule has 3 heterocycles. The van der Waals surface area contributed by atoms with Gasteiger partial charge in [0.15, 0.2) is 0 Å². The fourth-order valence-corrected chi connectivity index (χ4v) is 6.08. The maximum Gasteiger partial charge on any atom is 0.127 e. The summed E-state index contributed by atoms with van der Waals surface area (Å²) in [5.74, 6) is 3.33. The molecule has 0 radical (unpaired) electrons. The van der Waals surface area contributed by atoms with Crippen molar-refractivity contribution in [3.63, 3.8) is 0 Å². The molecule has 3 nitrogen and oxygen atoms in total. The average Bonchev–Trinajstić information content (AvgIpc) is 3.24. The Hall–Kier alpha value is -0.620. The highest BCUT2D eigenvalue weighted by Crippen LogP contribution is 2.27. The zero-order chi connectivity index (χ0) is 19.2. The van der Waals surface area contributed by atoms with Crippen molar-refractivity contribution in [2.75, 3.05) is 44.3 Å². The number of hydrogen-bond donors (Lipinski definition) is 0. The number of hydrogen-bond acceptors (Lipinski definition) is 4. The van der Waals surface area contributed by atoms with Crippen LogP contribution in [0.5, 0.6) is 0 Å². The molecule has 156 valence electrons. The lowest BCUT2D eigenvalue weighted by Gasteiger charge is -2.40. The summed E-state index contributed by atoms with van der Waals surface area (Å²) >= 11 is 2.11. The third-order valence-electron chi connectivity index (χ3n) is 6.72. The van der Waals surface area contributed by atoms with E-state index in [0.29, 0.717) is 6.10 Å². The Bertz CT molecular complexity index is 596. The molecular weight excluding hydrogens is 371 g/mol. The lowest BCUT2D eigenvalue weighted by molar-refractivity contribution is 0.0393. The number of thioether (sulfide) groups is 1. The van der Waals surface area contributed by atoms with Crippen LogP contribution < -0.4 is 0 Å².